The molecule has 1 N–H and O–H groups in total. The lowest BCUT2D eigenvalue weighted by molar-refractivity contribution is -0.117. The number of benzene rings is 2. The van der Waals surface area contributed by atoms with Crippen molar-refractivity contribution in [3.8, 4) is 5.75 Å². The lowest BCUT2D eigenvalue weighted by Gasteiger charge is -2.21. The van der Waals surface area contributed by atoms with Crippen molar-refractivity contribution < 1.29 is 17.9 Å². The minimum absolute atomic E-state index is 0.00586. The zero-order chi connectivity index (χ0) is 17.9. The SMILES string of the molecule is COc1ccc(N2CCCC2=O)c(NS(=O)(=O)Cc2ccccc2)c1. The van der Waals surface area contributed by atoms with E-state index in [0.717, 1.165) is 6.42 Å². The summed E-state index contributed by atoms with van der Waals surface area (Å²) in [6.07, 6.45) is 1.24. The number of methoxy groups -OCH3 is 1. The predicted molar refractivity (Wildman–Crippen MR) is 97.3 cm³/mol. The van der Waals surface area contributed by atoms with E-state index in [4.69, 9.17) is 4.74 Å². The Bertz CT molecular complexity index is 866. The monoisotopic (exact) mass is 360 g/mol. The van der Waals surface area contributed by atoms with E-state index in [-0.39, 0.29) is 11.7 Å². The molecule has 1 amide bonds. The van der Waals surface area contributed by atoms with Crippen LogP contribution in [0.2, 0.25) is 0 Å². The maximum atomic E-state index is 12.6. The maximum absolute atomic E-state index is 12.6. The standard InChI is InChI=1S/C18H20N2O4S/c1-24-15-9-10-17(20-11-5-8-18(20)21)16(12-15)19-25(22,23)13-14-6-3-2-4-7-14/h2-4,6-7,9-10,12,19H,5,8,11,13H2,1H3. The van der Waals surface area contributed by atoms with Crippen molar-refractivity contribution in [3.05, 3.63) is 54.1 Å². The Kier molecular flexibility index (Phi) is 4.94. The molecule has 0 aliphatic carbocycles. The van der Waals surface area contributed by atoms with Gasteiger partial charge in [-0.15, -0.1) is 0 Å². The average Bonchev–Trinajstić information content (AvgIpc) is 3.00. The Morgan fingerprint density at radius 3 is 2.56 bits per heavy atom. The number of nitrogens with zero attached hydrogens (tertiary/aromatic N) is 1. The first-order chi connectivity index (χ1) is 12.0. The van der Waals surface area contributed by atoms with Crippen LogP contribution in [0.3, 0.4) is 0 Å². The fourth-order valence-electron chi connectivity index (χ4n) is 2.86. The molecule has 6 nitrogen and oxygen atoms in total. The largest absolute Gasteiger partial charge is 0.497 e. The van der Waals surface area contributed by atoms with E-state index in [2.05, 4.69) is 4.72 Å². The summed E-state index contributed by atoms with van der Waals surface area (Å²) < 4.78 is 32.9. The number of hydrogen-bond donors (Lipinski definition) is 1. The molecule has 2 aromatic rings. The van der Waals surface area contributed by atoms with Crippen LogP contribution in [0.4, 0.5) is 11.4 Å². The molecule has 2 aromatic carbocycles. The number of nitrogens with one attached hydrogen (secondary N) is 1. The summed E-state index contributed by atoms with van der Waals surface area (Å²) in [6.45, 7) is 0.582. The van der Waals surface area contributed by atoms with Crippen molar-refractivity contribution in [3.63, 3.8) is 0 Å². The first kappa shape index (κ1) is 17.3. The van der Waals surface area contributed by atoms with Crippen molar-refractivity contribution in [2.75, 3.05) is 23.3 Å². The van der Waals surface area contributed by atoms with Gasteiger partial charge < -0.3 is 9.64 Å². The van der Waals surface area contributed by atoms with Gasteiger partial charge in [0.15, 0.2) is 0 Å². The highest BCUT2D eigenvalue weighted by molar-refractivity contribution is 7.91. The lowest BCUT2D eigenvalue weighted by atomic mass is 10.2. The number of hydrogen-bond acceptors (Lipinski definition) is 4. The van der Waals surface area contributed by atoms with E-state index in [1.807, 2.05) is 6.07 Å². The second-order valence-corrected chi connectivity index (χ2v) is 7.60. The maximum Gasteiger partial charge on any atom is 0.236 e. The Hall–Kier alpha value is -2.54. The summed E-state index contributed by atoms with van der Waals surface area (Å²) in [5, 5.41) is 0. The molecule has 3 rings (SSSR count). The molecule has 1 aliphatic heterocycles. The molecular formula is C18H20N2O4S. The van der Waals surface area contributed by atoms with Gasteiger partial charge in [0.1, 0.15) is 5.75 Å². The predicted octanol–water partition coefficient (Wildman–Crippen LogP) is 2.76. The van der Waals surface area contributed by atoms with Crippen LogP contribution in [0.25, 0.3) is 0 Å². The van der Waals surface area contributed by atoms with E-state index in [9.17, 15) is 13.2 Å². The van der Waals surface area contributed by atoms with Crippen LogP contribution in [-0.4, -0.2) is 28.0 Å². The van der Waals surface area contributed by atoms with Crippen molar-refractivity contribution in [1.82, 2.24) is 0 Å². The number of rotatable bonds is 6. The van der Waals surface area contributed by atoms with Gasteiger partial charge in [-0.1, -0.05) is 30.3 Å². The lowest BCUT2D eigenvalue weighted by Crippen LogP contribution is -2.26. The van der Waals surface area contributed by atoms with Crippen LogP contribution in [0.15, 0.2) is 48.5 Å². The number of carbonyl (C=O) groups is 1. The Morgan fingerprint density at radius 2 is 1.92 bits per heavy atom. The van der Waals surface area contributed by atoms with Gasteiger partial charge in [0, 0.05) is 19.0 Å². The molecule has 1 aliphatic rings. The molecule has 7 heteroatoms. The molecule has 1 saturated heterocycles. The zero-order valence-electron chi connectivity index (χ0n) is 13.9. The highest BCUT2D eigenvalue weighted by Gasteiger charge is 2.25. The van der Waals surface area contributed by atoms with Crippen molar-refractivity contribution >= 4 is 27.3 Å². The third-order valence-corrected chi connectivity index (χ3v) is 5.28. The molecule has 0 radical (unpaired) electrons. The van der Waals surface area contributed by atoms with E-state index in [1.165, 1.54) is 7.11 Å². The van der Waals surface area contributed by atoms with Gasteiger partial charge in [0.2, 0.25) is 15.9 Å². The second kappa shape index (κ2) is 7.14. The summed E-state index contributed by atoms with van der Waals surface area (Å²) in [7, 11) is -2.11. The van der Waals surface area contributed by atoms with Gasteiger partial charge in [0.25, 0.3) is 0 Å². The second-order valence-electron chi connectivity index (χ2n) is 5.88. The van der Waals surface area contributed by atoms with Gasteiger partial charge in [0.05, 0.1) is 24.2 Å². The van der Waals surface area contributed by atoms with Crippen LogP contribution in [0.5, 0.6) is 5.75 Å². The van der Waals surface area contributed by atoms with E-state index < -0.39 is 10.0 Å². The normalized spacial score (nSPS) is 14.6. The molecule has 0 saturated carbocycles. The summed E-state index contributed by atoms with van der Waals surface area (Å²) in [4.78, 5) is 13.7. The molecular weight excluding hydrogens is 340 g/mol. The number of amides is 1. The van der Waals surface area contributed by atoms with Crippen LogP contribution < -0.4 is 14.4 Å². The molecule has 132 valence electrons. The molecule has 0 aromatic heterocycles. The van der Waals surface area contributed by atoms with E-state index in [1.54, 1.807) is 47.4 Å². The fourth-order valence-corrected chi connectivity index (χ4v) is 4.06. The summed E-state index contributed by atoms with van der Waals surface area (Å²) in [6, 6.07) is 14.0. The summed E-state index contributed by atoms with van der Waals surface area (Å²) >= 11 is 0. The highest BCUT2D eigenvalue weighted by Crippen LogP contribution is 2.33. The number of sulfonamides is 1. The number of anilines is 2. The minimum Gasteiger partial charge on any atom is -0.497 e. The van der Waals surface area contributed by atoms with E-state index >= 15 is 0 Å². The third kappa shape index (κ3) is 4.11. The molecule has 0 spiro atoms. The molecule has 25 heavy (non-hydrogen) atoms. The highest BCUT2D eigenvalue weighted by atomic mass is 32.2. The average molecular weight is 360 g/mol. The third-order valence-electron chi connectivity index (χ3n) is 4.03. The Morgan fingerprint density at radius 1 is 1.16 bits per heavy atom. The van der Waals surface area contributed by atoms with Gasteiger partial charge in [-0.05, 0) is 24.1 Å². The summed E-state index contributed by atoms with van der Waals surface area (Å²) in [5.74, 6) is 0.375. The van der Waals surface area contributed by atoms with Crippen molar-refractivity contribution in [1.29, 1.82) is 0 Å². The summed E-state index contributed by atoms with van der Waals surface area (Å²) in [5.41, 5.74) is 1.60. The van der Waals surface area contributed by atoms with Gasteiger partial charge >= 0.3 is 0 Å². The molecule has 1 fully saturated rings. The minimum atomic E-state index is -3.63. The first-order valence-electron chi connectivity index (χ1n) is 8.01. The number of ether oxygens (including phenoxy) is 1. The quantitative estimate of drug-likeness (QED) is 0.859. The van der Waals surface area contributed by atoms with Crippen LogP contribution in [-0.2, 0) is 20.6 Å². The van der Waals surface area contributed by atoms with Crippen molar-refractivity contribution in [2.45, 2.75) is 18.6 Å². The smallest absolute Gasteiger partial charge is 0.236 e. The van der Waals surface area contributed by atoms with Crippen LogP contribution in [0.1, 0.15) is 18.4 Å². The Labute approximate surface area is 147 Å². The fraction of sp³-hybridized carbons (Fsp3) is 0.278. The zero-order valence-corrected chi connectivity index (χ0v) is 14.8. The van der Waals surface area contributed by atoms with Gasteiger partial charge in [-0.25, -0.2) is 8.42 Å². The van der Waals surface area contributed by atoms with Crippen LogP contribution >= 0.6 is 0 Å². The van der Waals surface area contributed by atoms with E-state index in [0.29, 0.717) is 35.7 Å². The molecule has 0 unspecified atom stereocenters. The van der Waals surface area contributed by atoms with Gasteiger partial charge in [-0.2, -0.15) is 0 Å². The molecule has 0 atom stereocenters. The molecule has 1 heterocycles. The molecule has 0 bridgehead atoms. The van der Waals surface area contributed by atoms with Crippen LogP contribution in [0, 0.1) is 0 Å². The first-order valence-corrected chi connectivity index (χ1v) is 9.66. The Balaban J connectivity index is 1.90. The topological polar surface area (TPSA) is 75.7 Å². The van der Waals surface area contributed by atoms with Crippen molar-refractivity contribution in [2.24, 2.45) is 0 Å². The van der Waals surface area contributed by atoms with Gasteiger partial charge in [-0.3, -0.25) is 9.52 Å². The number of carbonyl (C=O) groups excluding carboxylic acids is 1.